The Balaban J connectivity index is 2.00. The van der Waals surface area contributed by atoms with E-state index in [0.717, 1.165) is 6.20 Å². The summed E-state index contributed by atoms with van der Waals surface area (Å²) in [7, 11) is -3.99. The van der Waals surface area contributed by atoms with Gasteiger partial charge in [-0.1, -0.05) is 0 Å². The lowest BCUT2D eigenvalue weighted by atomic mass is 10.3. The van der Waals surface area contributed by atoms with Crippen LogP contribution in [0, 0.1) is 30.9 Å². The van der Waals surface area contributed by atoms with Gasteiger partial charge >= 0.3 is 12.2 Å². The summed E-state index contributed by atoms with van der Waals surface area (Å²) in [6, 6.07) is 0. The highest BCUT2D eigenvalue weighted by atomic mass is 32.2. The molecule has 0 aliphatic rings. The molecule has 144 valence electrons. The molecule has 0 atom stereocenters. The molecule has 0 spiro atoms. The van der Waals surface area contributed by atoms with Crippen molar-refractivity contribution < 1.29 is 22.1 Å². The zero-order chi connectivity index (χ0) is 19.6. The molecule has 0 fully saturated rings. The maximum atomic E-state index is 12.7. The molecule has 0 radical (unpaired) electrons. The van der Waals surface area contributed by atoms with E-state index in [-0.39, 0.29) is 35.1 Å². The number of aryl methyl sites for hydroxylation is 2. The van der Waals surface area contributed by atoms with Gasteiger partial charge in [0.15, 0.2) is 0 Å². The molecular weight excluding hydrogens is 374 g/mol. The highest BCUT2D eigenvalue weighted by molar-refractivity contribution is 7.89. The molecule has 0 aromatic carbocycles. The maximum absolute atomic E-state index is 12.7. The summed E-state index contributed by atoms with van der Waals surface area (Å²) in [6.45, 7) is 1.66. The Morgan fingerprint density at radius 1 is 1.31 bits per heavy atom. The van der Waals surface area contributed by atoms with E-state index in [1.165, 1.54) is 18.5 Å². The number of aromatic nitrogens is 4. The van der Waals surface area contributed by atoms with Crippen molar-refractivity contribution in [1.82, 2.24) is 24.3 Å². The van der Waals surface area contributed by atoms with Crippen molar-refractivity contribution in [2.45, 2.75) is 45.2 Å². The van der Waals surface area contributed by atoms with Crippen LogP contribution in [-0.2, 0) is 16.6 Å². The van der Waals surface area contributed by atoms with E-state index in [2.05, 4.69) is 14.9 Å². The molecule has 0 aliphatic heterocycles. The van der Waals surface area contributed by atoms with Crippen LogP contribution in [0.4, 0.5) is 14.5 Å². The molecule has 0 saturated carbocycles. The molecule has 13 heteroatoms. The monoisotopic (exact) mass is 392 g/mol. The fourth-order valence-electron chi connectivity index (χ4n) is 2.55. The molecule has 26 heavy (non-hydrogen) atoms. The van der Waals surface area contributed by atoms with Gasteiger partial charge in [0, 0.05) is 13.1 Å². The summed E-state index contributed by atoms with van der Waals surface area (Å²) >= 11 is 0. The summed E-state index contributed by atoms with van der Waals surface area (Å²) in [5.41, 5.74) is 0.426. The van der Waals surface area contributed by atoms with E-state index in [1.807, 2.05) is 0 Å². The molecular formula is C13H18F2N6O4S. The number of nitrogens with zero attached hydrogens (tertiary/aromatic N) is 5. The maximum Gasteiger partial charge on any atom is 0.333 e. The first-order valence-corrected chi connectivity index (χ1v) is 9.05. The molecule has 2 heterocycles. The number of hydrogen-bond acceptors (Lipinski definition) is 6. The number of nitro groups is 1. The smallest absolute Gasteiger partial charge is 0.262 e. The first kappa shape index (κ1) is 19.9. The molecule has 2 aromatic heterocycles. The van der Waals surface area contributed by atoms with Crippen LogP contribution in [0.15, 0.2) is 11.1 Å². The predicted molar refractivity (Wildman–Crippen MR) is 86.4 cm³/mol. The van der Waals surface area contributed by atoms with Crippen LogP contribution in [0.3, 0.4) is 0 Å². The van der Waals surface area contributed by atoms with Crippen molar-refractivity contribution in [3.63, 3.8) is 0 Å². The van der Waals surface area contributed by atoms with Crippen molar-refractivity contribution in [3.05, 3.63) is 33.4 Å². The number of hydrogen-bond donors (Lipinski definition) is 1. The molecule has 2 rings (SSSR count). The summed E-state index contributed by atoms with van der Waals surface area (Å²) in [4.78, 5) is 10.1. The van der Waals surface area contributed by atoms with Crippen molar-refractivity contribution in [3.8, 4) is 0 Å². The summed E-state index contributed by atoms with van der Waals surface area (Å²) < 4.78 is 53.8. The number of sulfonamides is 1. The quantitative estimate of drug-likeness (QED) is 0.414. The minimum Gasteiger partial charge on any atom is -0.262 e. The van der Waals surface area contributed by atoms with Crippen LogP contribution < -0.4 is 4.72 Å². The van der Waals surface area contributed by atoms with Gasteiger partial charge in [0.25, 0.3) is 0 Å². The predicted octanol–water partition coefficient (Wildman–Crippen LogP) is 1.68. The average Bonchev–Trinajstić information content (AvgIpc) is 3.04. The Morgan fingerprint density at radius 2 is 1.96 bits per heavy atom. The highest BCUT2D eigenvalue weighted by Gasteiger charge is 2.24. The zero-order valence-corrected chi connectivity index (χ0v) is 15.1. The van der Waals surface area contributed by atoms with Gasteiger partial charge in [-0.25, -0.2) is 17.8 Å². The Hall–Kier alpha value is -2.41. The Kier molecular flexibility index (Phi) is 5.71. The second-order valence-corrected chi connectivity index (χ2v) is 7.30. The zero-order valence-electron chi connectivity index (χ0n) is 14.3. The molecule has 0 amide bonds. The van der Waals surface area contributed by atoms with Gasteiger partial charge in [0.1, 0.15) is 16.3 Å². The Morgan fingerprint density at radius 3 is 2.46 bits per heavy atom. The van der Waals surface area contributed by atoms with Crippen LogP contribution in [0.2, 0.25) is 0 Å². The topological polar surface area (TPSA) is 125 Å². The van der Waals surface area contributed by atoms with E-state index in [4.69, 9.17) is 0 Å². The lowest BCUT2D eigenvalue weighted by molar-refractivity contribution is -0.386. The van der Waals surface area contributed by atoms with E-state index in [0.29, 0.717) is 16.8 Å². The van der Waals surface area contributed by atoms with Crippen molar-refractivity contribution in [2.24, 2.45) is 0 Å². The number of alkyl halides is 2. The average molecular weight is 392 g/mol. The number of rotatable bonds is 8. The fraction of sp³-hybridized carbons (Fsp3) is 0.538. The van der Waals surface area contributed by atoms with Crippen LogP contribution in [0.25, 0.3) is 0 Å². The number of halogens is 2. The van der Waals surface area contributed by atoms with Crippen LogP contribution >= 0.6 is 0 Å². The summed E-state index contributed by atoms with van der Waals surface area (Å²) in [6.07, 6.45) is 1.18. The lowest BCUT2D eigenvalue weighted by Crippen LogP contribution is -2.26. The van der Waals surface area contributed by atoms with Crippen LogP contribution in [0.1, 0.15) is 30.1 Å². The number of nitrogens with one attached hydrogen (secondary N) is 1. The Labute approximate surface area is 148 Å². The minimum atomic E-state index is -3.99. The van der Waals surface area contributed by atoms with Crippen LogP contribution in [-0.4, -0.2) is 39.4 Å². The van der Waals surface area contributed by atoms with Gasteiger partial charge in [-0.15, -0.1) is 0 Å². The normalized spacial score (nSPS) is 12.1. The standard InChI is InChI=1S/C13H18F2N6O4S/c1-8-12(21(22)23)10(3)19(18-8)6-4-5-17-26(24,25)11-7-16-20(9(11)2)13(14)15/h7,13,17H,4-6H2,1-3H3. The Bertz CT molecular complexity index is 921. The van der Waals surface area contributed by atoms with Gasteiger partial charge in [-0.2, -0.15) is 19.0 Å². The first-order chi connectivity index (χ1) is 12.1. The van der Waals surface area contributed by atoms with Gasteiger partial charge in [-0.05, 0) is 27.2 Å². The second-order valence-electron chi connectivity index (χ2n) is 5.57. The lowest BCUT2D eigenvalue weighted by Gasteiger charge is -2.08. The van der Waals surface area contributed by atoms with E-state index >= 15 is 0 Å². The van der Waals surface area contributed by atoms with Gasteiger partial charge < -0.3 is 0 Å². The largest absolute Gasteiger partial charge is 0.333 e. The third kappa shape index (κ3) is 3.88. The van der Waals surface area contributed by atoms with E-state index in [9.17, 15) is 27.3 Å². The SMILES string of the molecule is Cc1nn(CCCNS(=O)(=O)c2cnn(C(F)F)c2C)c(C)c1[N+](=O)[O-]. The van der Waals surface area contributed by atoms with E-state index < -0.39 is 21.5 Å². The second kappa shape index (κ2) is 7.45. The van der Waals surface area contributed by atoms with Gasteiger partial charge in [0.05, 0.1) is 16.8 Å². The first-order valence-electron chi connectivity index (χ1n) is 7.56. The van der Waals surface area contributed by atoms with Gasteiger partial charge in [0.2, 0.25) is 10.0 Å². The molecule has 0 aliphatic carbocycles. The molecule has 10 nitrogen and oxygen atoms in total. The summed E-state index contributed by atoms with van der Waals surface area (Å²) in [5.74, 6) is 0. The highest BCUT2D eigenvalue weighted by Crippen LogP contribution is 2.22. The van der Waals surface area contributed by atoms with E-state index in [1.54, 1.807) is 6.92 Å². The fourth-order valence-corrected chi connectivity index (χ4v) is 3.79. The molecule has 1 N–H and O–H groups in total. The van der Waals surface area contributed by atoms with Crippen molar-refractivity contribution >= 4 is 15.7 Å². The third-order valence-electron chi connectivity index (χ3n) is 3.84. The molecule has 0 bridgehead atoms. The van der Waals surface area contributed by atoms with Crippen molar-refractivity contribution in [1.29, 1.82) is 0 Å². The molecule has 0 unspecified atom stereocenters. The molecule has 2 aromatic rings. The molecule has 0 saturated heterocycles. The van der Waals surface area contributed by atoms with Crippen molar-refractivity contribution in [2.75, 3.05) is 6.54 Å². The third-order valence-corrected chi connectivity index (χ3v) is 5.40. The van der Waals surface area contributed by atoms with Crippen LogP contribution in [0.5, 0.6) is 0 Å². The minimum absolute atomic E-state index is 0.00772. The summed E-state index contributed by atoms with van der Waals surface area (Å²) in [5, 5.41) is 18.4. The van der Waals surface area contributed by atoms with Gasteiger partial charge in [-0.3, -0.25) is 14.8 Å².